The maximum atomic E-state index is 14.4. The van der Waals surface area contributed by atoms with Crippen LogP contribution in [0.25, 0.3) is 11.7 Å². The van der Waals surface area contributed by atoms with Crippen molar-refractivity contribution >= 4 is 21.9 Å². The Morgan fingerprint density at radius 3 is 2.63 bits per heavy atom. The largest absolute Gasteiger partial charge is 0.496 e. The number of imidazole rings is 1. The fourth-order valence-corrected chi connectivity index (χ4v) is 7.06. The minimum Gasteiger partial charge on any atom is -0.496 e. The Hall–Kier alpha value is -3.93. The van der Waals surface area contributed by atoms with Gasteiger partial charge in [0.1, 0.15) is 18.1 Å². The molecule has 0 aliphatic carbocycles. The van der Waals surface area contributed by atoms with E-state index in [1.807, 2.05) is 24.3 Å². The number of amides is 1. The van der Waals surface area contributed by atoms with Gasteiger partial charge in [0.25, 0.3) is 11.8 Å². The van der Waals surface area contributed by atoms with E-state index in [1.165, 1.54) is 38.0 Å². The number of carbonyl (C=O) groups excluding carboxylic acids is 1. The third kappa shape index (κ3) is 5.16. The zero-order valence-corrected chi connectivity index (χ0v) is 24.1. The molecule has 0 N–H and O–H groups in total. The molecule has 13 nitrogen and oxygen atoms in total. The van der Waals surface area contributed by atoms with E-state index in [0.717, 1.165) is 8.61 Å². The maximum Gasteiger partial charge on any atom is 0.330 e. The van der Waals surface area contributed by atoms with E-state index in [2.05, 4.69) is 9.97 Å². The first-order chi connectivity index (χ1) is 19.6. The standard InChI is InChI=1S/C27H32N6O7S/c1-27(2,11-12-28)33-26(34)22-23(30-24(31(22)3)25-29-13-16-39-25)32(41(33,35)36)17-21(40-18-9-14-38-15-10-18)19-7-5-6-8-20(19)37-4/h5-8,13,16,18,21H,9-11,14-15,17H2,1-4H3/t21-/m0/s1. The number of anilines is 1. The topological polar surface area (TPSA) is 153 Å². The van der Waals surface area contributed by atoms with Crippen molar-refractivity contribution in [1.82, 2.24) is 18.8 Å². The van der Waals surface area contributed by atoms with Crippen molar-refractivity contribution in [3.8, 4) is 23.5 Å². The second-order valence-corrected chi connectivity index (χ2v) is 12.1. The molecule has 41 heavy (non-hydrogen) atoms. The highest BCUT2D eigenvalue weighted by Crippen LogP contribution is 2.41. The van der Waals surface area contributed by atoms with Crippen LogP contribution in [0, 0.1) is 11.3 Å². The molecule has 2 aromatic heterocycles. The maximum absolute atomic E-state index is 14.4. The third-order valence-electron chi connectivity index (χ3n) is 7.24. The number of aromatic nitrogens is 3. The first-order valence-electron chi connectivity index (χ1n) is 13.2. The molecule has 0 spiro atoms. The normalized spacial score (nSPS) is 18.2. The Kier molecular flexibility index (Phi) is 7.78. The van der Waals surface area contributed by atoms with Gasteiger partial charge in [-0.1, -0.05) is 18.2 Å². The van der Waals surface area contributed by atoms with Crippen LogP contribution in [0.2, 0.25) is 0 Å². The van der Waals surface area contributed by atoms with Crippen LogP contribution in [-0.2, 0) is 26.7 Å². The Labute approximate surface area is 238 Å². The highest BCUT2D eigenvalue weighted by Gasteiger charge is 2.52. The number of hydrogen-bond acceptors (Lipinski definition) is 10. The Bertz CT molecular complexity index is 1550. The molecular formula is C27H32N6O7S. The fourth-order valence-electron chi connectivity index (χ4n) is 5.21. The smallest absolute Gasteiger partial charge is 0.330 e. The van der Waals surface area contributed by atoms with Crippen molar-refractivity contribution in [2.75, 3.05) is 31.2 Å². The molecule has 0 bridgehead atoms. The first kappa shape index (κ1) is 28.6. The lowest BCUT2D eigenvalue weighted by molar-refractivity contribution is -0.0668. The molecule has 218 valence electrons. The van der Waals surface area contributed by atoms with Gasteiger partial charge in [-0.15, -0.1) is 0 Å². The highest BCUT2D eigenvalue weighted by molar-refractivity contribution is 7.91. The van der Waals surface area contributed by atoms with Gasteiger partial charge in [-0.05, 0) is 32.8 Å². The van der Waals surface area contributed by atoms with Crippen LogP contribution >= 0.6 is 0 Å². The van der Waals surface area contributed by atoms with Crippen LogP contribution in [0.15, 0.2) is 41.1 Å². The van der Waals surface area contributed by atoms with Crippen LogP contribution in [0.3, 0.4) is 0 Å². The predicted molar refractivity (Wildman–Crippen MR) is 146 cm³/mol. The summed E-state index contributed by atoms with van der Waals surface area (Å²) >= 11 is 0. The summed E-state index contributed by atoms with van der Waals surface area (Å²) in [5.74, 6) is -0.0607. The average Bonchev–Trinajstić information content (AvgIpc) is 3.58. The third-order valence-corrected chi connectivity index (χ3v) is 9.24. The van der Waals surface area contributed by atoms with Crippen molar-refractivity contribution in [1.29, 1.82) is 5.26 Å². The summed E-state index contributed by atoms with van der Waals surface area (Å²) < 4.78 is 55.1. The summed E-state index contributed by atoms with van der Waals surface area (Å²) in [4.78, 5) is 22.6. The van der Waals surface area contributed by atoms with Gasteiger partial charge in [0, 0.05) is 25.8 Å². The van der Waals surface area contributed by atoms with Crippen LogP contribution in [0.1, 0.15) is 55.3 Å². The molecule has 1 atom stereocenters. The van der Waals surface area contributed by atoms with E-state index in [4.69, 9.17) is 18.6 Å². The second kappa shape index (κ2) is 11.2. The molecule has 14 heteroatoms. The van der Waals surface area contributed by atoms with Crippen molar-refractivity contribution in [3.05, 3.63) is 48.0 Å². The van der Waals surface area contributed by atoms with Crippen LogP contribution < -0.4 is 9.04 Å². The molecule has 1 aromatic carbocycles. The van der Waals surface area contributed by atoms with Gasteiger partial charge in [-0.25, -0.2) is 18.6 Å². The number of para-hydroxylation sites is 1. The van der Waals surface area contributed by atoms with Crippen LogP contribution in [-0.4, -0.2) is 71.7 Å². The Balaban J connectivity index is 1.67. The van der Waals surface area contributed by atoms with E-state index < -0.39 is 27.8 Å². The van der Waals surface area contributed by atoms with Crippen molar-refractivity contribution in [2.24, 2.45) is 7.05 Å². The molecule has 2 aliphatic heterocycles. The molecule has 0 saturated carbocycles. The van der Waals surface area contributed by atoms with E-state index in [-0.39, 0.29) is 42.3 Å². The van der Waals surface area contributed by atoms with Gasteiger partial charge >= 0.3 is 10.2 Å². The molecule has 1 amide bonds. The summed E-state index contributed by atoms with van der Waals surface area (Å²) in [6.07, 6.45) is 2.87. The molecular weight excluding hydrogens is 552 g/mol. The number of oxazole rings is 1. The van der Waals surface area contributed by atoms with Gasteiger partial charge in [0.2, 0.25) is 0 Å². The van der Waals surface area contributed by atoms with Gasteiger partial charge in [-0.3, -0.25) is 4.79 Å². The molecule has 0 radical (unpaired) electrons. The van der Waals surface area contributed by atoms with Gasteiger partial charge in [0.05, 0.1) is 44.0 Å². The molecule has 5 rings (SSSR count). The number of rotatable bonds is 9. The SMILES string of the molecule is COc1ccccc1[C@H](CN1c2nc(-c3ncco3)n(C)c2C(=O)N(C(C)(C)CC#N)S1(=O)=O)OC1CCOCC1. The summed E-state index contributed by atoms with van der Waals surface area (Å²) in [5, 5.41) is 9.49. The van der Waals surface area contributed by atoms with Crippen molar-refractivity contribution in [2.45, 2.75) is 50.9 Å². The van der Waals surface area contributed by atoms with E-state index in [0.29, 0.717) is 37.4 Å². The summed E-state index contributed by atoms with van der Waals surface area (Å²) in [6.45, 7) is 3.91. The molecule has 4 heterocycles. The van der Waals surface area contributed by atoms with Crippen LogP contribution in [0.5, 0.6) is 5.75 Å². The monoisotopic (exact) mass is 584 g/mol. The van der Waals surface area contributed by atoms with Crippen molar-refractivity contribution in [3.63, 3.8) is 0 Å². The number of nitriles is 1. The summed E-state index contributed by atoms with van der Waals surface area (Å²) in [7, 11) is -1.43. The first-order valence-corrected chi connectivity index (χ1v) is 14.6. The lowest BCUT2D eigenvalue weighted by Crippen LogP contribution is -2.60. The number of methoxy groups -OCH3 is 1. The second-order valence-electron chi connectivity index (χ2n) is 10.4. The summed E-state index contributed by atoms with van der Waals surface area (Å²) in [5.41, 5.74) is -0.708. The number of benzene rings is 1. The van der Waals surface area contributed by atoms with E-state index >= 15 is 0 Å². The van der Waals surface area contributed by atoms with Gasteiger partial charge in [0.15, 0.2) is 17.3 Å². The van der Waals surface area contributed by atoms with Crippen LogP contribution in [0.4, 0.5) is 5.82 Å². The molecule has 2 aliphatic rings. The van der Waals surface area contributed by atoms with Gasteiger partial charge in [-0.2, -0.15) is 13.7 Å². The predicted octanol–water partition coefficient (Wildman–Crippen LogP) is 3.22. The fraction of sp³-hybridized carbons (Fsp3) is 0.481. The quantitative estimate of drug-likeness (QED) is 0.366. The lowest BCUT2D eigenvalue weighted by Gasteiger charge is -2.43. The molecule has 1 fully saturated rings. The molecule has 1 saturated heterocycles. The molecule has 0 unspecified atom stereocenters. The van der Waals surface area contributed by atoms with E-state index in [1.54, 1.807) is 13.1 Å². The minimum atomic E-state index is -4.55. The van der Waals surface area contributed by atoms with Crippen molar-refractivity contribution < 1.29 is 31.8 Å². The Morgan fingerprint density at radius 1 is 1.24 bits per heavy atom. The summed E-state index contributed by atoms with van der Waals surface area (Å²) in [6, 6.07) is 9.24. The number of hydrogen-bond donors (Lipinski definition) is 0. The lowest BCUT2D eigenvalue weighted by atomic mass is 10.0. The highest BCUT2D eigenvalue weighted by atomic mass is 32.2. The average molecular weight is 585 g/mol. The molecule has 3 aromatic rings. The number of nitrogens with zero attached hydrogens (tertiary/aromatic N) is 6. The number of ether oxygens (including phenoxy) is 3. The number of carbonyl (C=O) groups is 1. The Morgan fingerprint density at radius 2 is 1.98 bits per heavy atom. The number of fused-ring (bicyclic) bond motifs is 1. The zero-order chi connectivity index (χ0) is 29.4. The minimum absolute atomic E-state index is 0.0175. The van der Waals surface area contributed by atoms with Gasteiger partial charge < -0.3 is 23.2 Å². The zero-order valence-electron chi connectivity index (χ0n) is 23.3. The van der Waals surface area contributed by atoms with E-state index in [9.17, 15) is 18.5 Å².